The molecule has 1 atom stereocenters. The van der Waals surface area contributed by atoms with Gasteiger partial charge in [-0.1, -0.05) is 6.07 Å². The highest BCUT2D eigenvalue weighted by molar-refractivity contribution is 5.09. The van der Waals surface area contributed by atoms with Gasteiger partial charge >= 0.3 is 0 Å². The Kier molecular flexibility index (Phi) is 5.29. The Labute approximate surface area is 91.1 Å². The Bertz CT molecular complexity index is 262. The SMILES string of the molecule is CC(C)OCCC(O)Cc1cccnc1. The summed E-state index contributed by atoms with van der Waals surface area (Å²) in [6, 6.07) is 3.85. The van der Waals surface area contributed by atoms with Gasteiger partial charge in [0.2, 0.25) is 0 Å². The largest absolute Gasteiger partial charge is 0.393 e. The van der Waals surface area contributed by atoms with Gasteiger partial charge in [0, 0.05) is 19.0 Å². The molecule has 0 aliphatic heterocycles. The molecule has 15 heavy (non-hydrogen) atoms. The van der Waals surface area contributed by atoms with Gasteiger partial charge in [0.25, 0.3) is 0 Å². The van der Waals surface area contributed by atoms with Crippen LogP contribution in [0.25, 0.3) is 0 Å². The predicted octanol–water partition coefficient (Wildman–Crippen LogP) is 1.80. The standard InChI is InChI=1S/C12H19NO2/c1-10(2)15-7-5-12(14)8-11-4-3-6-13-9-11/h3-4,6,9-10,12,14H,5,7-8H2,1-2H3. The summed E-state index contributed by atoms with van der Waals surface area (Å²) in [4.78, 5) is 4.00. The van der Waals surface area contributed by atoms with Crippen molar-refractivity contribution in [1.82, 2.24) is 4.98 Å². The quantitative estimate of drug-likeness (QED) is 0.776. The summed E-state index contributed by atoms with van der Waals surface area (Å²) in [5.74, 6) is 0. The van der Waals surface area contributed by atoms with E-state index in [2.05, 4.69) is 4.98 Å². The number of hydrogen-bond donors (Lipinski definition) is 1. The number of aromatic nitrogens is 1. The van der Waals surface area contributed by atoms with E-state index in [1.807, 2.05) is 26.0 Å². The van der Waals surface area contributed by atoms with Gasteiger partial charge in [-0.15, -0.1) is 0 Å². The third-order valence-corrected chi connectivity index (χ3v) is 2.10. The minimum absolute atomic E-state index is 0.232. The van der Waals surface area contributed by atoms with Crippen LogP contribution in [0.2, 0.25) is 0 Å². The number of ether oxygens (including phenoxy) is 1. The lowest BCUT2D eigenvalue weighted by atomic mass is 10.1. The summed E-state index contributed by atoms with van der Waals surface area (Å²) in [6.45, 7) is 4.60. The highest BCUT2D eigenvalue weighted by Gasteiger charge is 2.05. The number of rotatable bonds is 6. The molecule has 0 bridgehead atoms. The van der Waals surface area contributed by atoms with Crippen LogP contribution in [0.1, 0.15) is 25.8 Å². The Balaban J connectivity index is 2.21. The van der Waals surface area contributed by atoms with E-state index >= 15 is 0 Å². The van der Waals surface area contributed by atoms with Gasteiger partial charge in [-0.2, -0.15) is 0 Å². The van der Waals surface area contributed by atoms with Crippen LogP contribution in [0.5, 0.6) is 0 Å². The number of pyridine rings is 1. The predicted molar refractivity (Wildman–Crippen MR) is 59.7 cm³/mol. The fourth-order valence-corrected chi connectivity index (χ4v) is 1.33. The van der Waals surface area contributed by atoms with E-state index in [1.165, 1.54) is 0 Å². The van der Waals surface area contributed by atoms with Crippen LogP contribution in [0.3, 0.4) is 0 Å². The van der Waals surface area contributed by atoms with E-state index in [-0.39, 0.29) is 12.2 Å². The number of aliphatic hydroxyl groups excluding tert-OH is 1. The van der Waals surface area contributed by atoms with Crippen molar-refractivity contribution >= 4 is 0 Å². The minimum Gasteiger partial charge on any atom is -0.393 e. The number of nitrogens with zero attached hydrogens (tertiary/aromatic N) is 1. The Morgan fingerprint density at radius 3 is 2.87 bits per heavy atom. The Morgan fingerprint density at radius 2 is 2.27 bits per heavy atom. The monoisotopic (exact) mass is 209 g/mol. The number of hydrogen-bond acceptors (Lipinski definition) is 3. The van der Waals surface area contributed by atoms with Crippen molar-refractivity contribution in [3.8, 4) is 0 Å². The normalized spacial score (nSPS) is 13.1. The average molecular weight is 209 g/mol. The molecule has 0 fully saturated rings. The van der Waals surface area contributed by atoms with Crippen LogP contribution in [0.4, 0.5) is 0 Å². The van der Waals surface area contributed by atoms with Crippen LogP contribution in [0, 0.1) is 0 Å². The van der Waals surface area contributed by atoms with Crippen molar-refractivity contribution in [2.75, 3.05) is 6.61 Å². The smallest absolute Gasteiger partial charge is 0.0603 e. The van der Waals surface area contributed by atoms with Crippen molar-refractivity contribution in [2.24, 2.45) is 0 Å². The van der Waals surface area contributed by atoms with Crippen LogP contribution in [-0.4, -0.2) is 28.9 Å². The summed E-state index contributed by atoms with van der Waals surface area (Å²) in [6.07, 6.45) is 4.73. The maximum absolute atomic E-state index is 9.71. The molecule has 0 aliphatic carbocycles. The fraction of sp³-hybridized carbons (Fsp3) is 0.583. The molecule has 0 saturated heterocycles. The van der Waals surface area contributed by atoms with Gasteiger partial charge in [0.1, 0.15) is 0 Å². The first kappa shape index (κ1) is 12.1. The summed E-state index contributed by atoms with van der Waals surface area (Å²) in [7, 11) is 0. The van der Waals surface area contributed by atoms with Crippen molar-refractivity contribution < 1.29 is 9.84 Å². The van der Waals surface area contributed by atoms with Crippen LogP contribution in [-0.2, 0) is 11.2 Å². The van der Waals surface area contributed by atoms with Gasteiger partial charge in [-0.25, -0.2) is 0 Å². The third kappa shape index (κ3) is 5.50. The molecule has 84 valence electrons. The van der Waals surface area contributed by atoms with Crippen molar-refractivity contribution in [3.63, 3.8) is 0 Å². The molecular formula is C12H19NO2. The first-order valence-corrected chi connectivity index (χ1v) is 5.37. The average Bonchev–Trinajstić information content (AvgIpc) is 2.18. The number of aliphatic hydroxyl groups is 1. The first-order valence-electron chi connectivity index (χ1n) is 5.37. The zero-order chi connectivity index (χ0) is 11.1. The Hall–Kier alpha value is -0.930. The van der Waals surface area contributed by atoms with Gasteiger partial charge in [0.15, 0.2) is 0 Å². The highest BCUT2D eigenvalue weighted by atomic mass is 16.5. The molecule has 1 aromatic rings. The molecule has 1 aromatic heterocycles. The maximum atomic E-state index is 9.71. The molecule has 0 spiro atoms. The maximum Gasteiger partial charge on any atom is 0.0603 e. The van der Waals surface area contributed by atoms with Crippen molar-refractivity contribution in [1.29, 1.82) is 0 Å². The topological polar surface area (TPSA) is 42.4 Å². The summed E-state index contributed by atoms with van der Waals surface area (Å²) < 4.78 is 5.37. The van der Waals surface area contributed by atoms with Crippen molar-refractivity contribution in [3.05, 3.63) is 30.1 Å². The zero-order valence-electron chi connectivity index (χ0n) is 9.39. The molecule has 1 rings (SSSR count). The second kappa shape index (κ2) is 6.53. The fourth-order valence-electron chi connectivity index (χ4n) is 1.33. The lowest BCUT2D eigenvalue weighted by Crippen LogP contribution is -2.15. The first-order chi connectivity index (χ1) is 7.18. The zero-order valence-corrected chi connectivity index (χ0v) is 9.39. The summed E-state index contributed by atoms with van der Waals surface area (Å²) in [5, 5.41) is 9.71. The highest BCUT2D eigenvalue weighted by Crippen LogP contribution is 2.04. The van der Waals surface area contributed by atoms with E-state index < -0.39 is 0 Å². The molecule has 0 aliphatic rings. The molecule has 0 saturated carbocycles. The molecule has 1 unspecified atom stereocenters. The second-order valence-electron chi connectivity index (χ2n) is 3.93. The molecule has 0 radical (unpaired) electrons. The molecule has 1 heterocycles. The van der Waals surface area contributed by atoms with E-state index in [1.54, 1.807) is 12.4 Å². The molecule has 0 aromatic carbocycles. The van der Waals surface area contributed by atoms with Gasteiger partial charge < -0.3 is 9.84 Å². The van der Waals surface area contributed by atoms with Crippen LogP contribution >= 0.6 is 0 Å². The van der Waals surface area contributed by atoms with E-state index in [0.29, 0.717) is 19.4 Å². The molecule has 3 nitrogen and oxygen atoms in total. The van der Waals surface area contributed by atoms with E-state index in [4.69, 9.17) is 4.74 Å². The summed E-state index contributed by atoms with van der Waals surface area (Å²) >= 11 is 0. The second-order valence-corrected chi connectivity index (χ2v) is 3.93. The van der Waals surface area contributed by atoms with E-state index in [9.17, 15) is 5.11 Å². The van der Waals surface area contributed by atoms with Gasteiger partial charge in [0.05, 0.1) is 12.2 Å². The molecule has 0 amide bonds. The van der Waals surface area contributed by atoms with Crippen LogP contribution < -0.4 is 0 Å². The third-order valence-electron chi connectivity index (χ3n) is 2.10. The lowest BCUT2D eigenvalue weighted by molar-refractivity contribution is 0.0470. The molecule has 3 heteroatoms. The molecular weight excluding hydrogens is 190 g/mol. The molecule has 1 N–H and O–H groups in total. The summed E-state index contributed by atoms with van der Waals surface area (Å²) in [5.41, 5.74) is 1.06. The van der Waals surface area contributed by atoms with E-state index in [0.717, 1.165) is 5.56 Å². The van der Waals surface area contributed by atoms with Gasteiger partial charge in [-0.05, 0) is 38.3 Å². The Morgan fingerprint density at radius 1 is 1.47 bits per heavy atom. The van der Waals surface area contributed by atoms with Crippen molar-refractivity contribution in [2.45, 2.75) is 38.9 Å². The minimum atomic E-state index is -0.340. The van der Waals surface area contributed by atoms with Gasteiger partial charge in [-0.3, -0.25) is 4.98 Å². The van der Waals surface area contributed by atoms with Crippen LogP contribution in [0.15, 0.2) is 24.5 Å². The lowest BCUT2D eigenvalue weighted by Gasteiger charge is -2.12.